The van der Waals surface area contributed by atoms with Gasteiger partial charge in [0.05, 0.1) is 5.56 Å². The maximum Gasteiger partial charge on any atom is 0.435 e. The van der Waals surface area contributed by atoms with Crippen molar-refractivity contribution in [2.24, 2.45) is 7.05 Å². The molecule has 144 valence electrons. The maximum atomic E-state index is 13.1. The Kier molecular flexibility index (Phi) is 4.58. The number of anilines is 1. The quantitative estimate of drug-likeness (QED) is 0.695. The Morgan fingerprint density at radius 3 is 2.59 bits per heavy atom. The lowest BCUT2D eigenvalue weighted by Crippen LogP contribution is -2.27. The minimum atomic E-state index is -4.59. The van der Waals surface area contributed by atoms with Gasteiger partial charge >= 0.3 is 6.18 Å². The molecule has 2 aromatic heterocycles. The van der Waals surface area contributed by atoms with E-state index in [1.807, 2.05) is 0 Å². The van der Waals surface area contributed by atoms with Crippen LogP contribution in [0, 0.1) is 0 Å². The zero-order valence-electron chi connectivity index (χ0n) is 15.2. The van der Waals surface area contributed by atoms with E-state index < -0.39 is 17.8 Å². The average molecular weight is 381 g/mol. The molecule has 1 aromatic carbocycles. The molecule has 0 radical (unpaired) electrons. The molecule has 0 saturated heterocycles. The topological polar surface area (TPSA) is 67.4 Å². The standard InChI is InChI=1S/C17H18F3N5O2/c1-23(2)16-21-12-7-5-6-11(13(12)27-16)15(26)24(3)8-10-9-25(4)22-14(10)17(18,19)20/h5-7,9H,8H2,1-4H3. The summed E-state index contributed by atoms with van der Waals surface area (Å²) in [5.74, 6) is -0.473. The molecule has 27 heavy (non-hydrogen) atoms. The van der Waals surface area contributed by atoms with Crippen molar-refractivity contribution in [3.8, 4) is 0 Å². The Hall–Kier alpha value is -3.04. The van der Waals surface area contributed by atoms with Crippen molar-refractivity contribution >= 4 is 23.0 Å². The van der Waals surface area contributed by atoms with Crippen molar-refractivity contribution in [1.82, 2.24) is 19.7 Å². The Labute approximate surface area is 153 Å². The SMILES string of the molecule is CN(Cc1cn(C)nc1C(F)(F)F)C(=O)c1cccc2nc(N(C)C)oc12. The number of halogens is 3. The number of benzene rings is 1. The lowest BCUT2D eigenvalue weighted by Gasteiger charge is -2.17. The summed E-state index contributed by atoms with van der Waals surface area (Å²) < 4.78 is 46.1. The monoisotopic (exact) mass is 381 g/mol. The number of fused-ring (bicyclic) bond motifs is 1. The number of alkyl halides is 3. The summed E-state index contributed by atoms with van der Waals surface area (Å²) in [4.78, 5) is 20.0. The first-order valence-electron chi connectivity index (χ1n) is 8.00. The molecular formula is C17H18F3N5O2. The molecule has 1 amide bonds. The predicted octanol–water partition coefficient (Wildman–Crippen LogP) is 2.92. The molecule has 0 aliphatic rings. The summed E-state index contributed by atoms with van der Waals surface area (Å²) in [5, 5.41) is 3.46. The van der Waals surface area contributed by atoms with Crippen molar-refractivity contribution in [1.29, 1.82) is 0 Å². The first-order chi connectivity index (χ1) is 12.6. The van der Waals surface area contributed by atoms with Gasteiger partial charge in [0, 0.05) is 46.5 Å². The van der Waals surface area contributed by atoms with Gasteiger partial charge in [-0.2, -0.15) is 23.3 Å². The number of aryl methyl sites for hydroxylation is 1. The Bertz CT molecular complexity index is 990. The van der Waals surface area contributed by atoms with E-state index in [-0.39, 0.29) is 17.7 Å². The molecule has 0 N–H and O–H groups in total. The van der Waals surface area contributed by atoms with Crippen LogP contribution in [0.3, 0.4) is 0 Å². The fraction of sp³-hybridized carbons (Fsp3) is 0.353. The summed E-state index contributed by atoms with van der Waals surface area (Å²) >= 11 is 0. The van der Waals surface area contributed by atoms with E-state index in [4.69, 9.17) is 4.42 Å². The summed E-state index contributed by atoms with van der Waals surface area (Å²) in [6.45, 7) is -0.243. The van der Waals surface area contributed by atoms with E-state index in [0.717, 1.165) is 4.68 Å². The summed E-state index contributed by atoms with van der Waals surface area (Å²) in [5.41, 5.74) is -0.0689. The van der Waals surface area contributed by atoms with Gasteiger partial charge in [0.25, 0.3) is 11.9 Å². The average Bonchev–Trinajstić information content (AvgIpc) is 3.16. The van der Waals surface area contributed by atoms with Gasteiger partial charge in [-0.3, -0.25) is 9.48 Å². The molecular weight excluding hydrogens is 363 g/mol. The highest BCUT2D eigenvalue weighted by Crippen LogP contribution is 2.31. The third-order valence-corrected chi connectivity index (χ3v) is 3.94. The molecule has 2 heterocycles. The van der Waals surface area contributed by atoms with E-state index in [9.17, 15) is 18.0 Å². The van der Waals surface area contributed by atoms with Crippen molar-refractivity contribution < 1.29 is 22.4 Å². The minimum absolute atomic E-state index is 0.0837. The number of para-hydroxylation sites is 1. The smallest absolute Gasteiger partial charge is 0.423 e. The van der Waals surface area contributed by atoms with Crippen LogP contribution in [0.4, 0.5) is 19.2 Å². The number of rotatable bonds is 4. The van der Waals surface area contributed by atoms with E-state index >= 15 is 0 Å². The highest BCUT2D eigenvalue weighted by Gasteiger charge is 2.37. The first kappa shape index (κ1) is 18.7. The van der Waals surface area contributed by atoms with Gasteiger partial charge in [-0.1, -0.05) is 6.07 Å². The van der Waals surface area contributed by atoms with Gasteiger partial charge in [0.15, 0.2) is 11.3 Å². The van der Waals surface area contributed by atoms with Gasteiger partial charge in [-0.15, -0.1) is 0 Å². The molecule has 0 fully saturated rings. The van der Waals surface area contributed by atoms with Gasteiger partial charge in [0.1, 0.15) is 5.52 Å². The minimum Gasteiger partial charge on any atom is -0.423 e. The maximum absolute atomic E-state index is 13.1. The number of oxazole rings is 1. The molecule has 0 spiro atoms. The number of carbonyl (C=O) groups is 1. The van der Waals surface area contributed by atoms with Crippen LogP contribution in [-0.2, 0) is 19.8 Å². The third kappa shape index (κ3) is 3.60. The van der Waals surface area contributed by atoms with Gasteiger partial charge in [-0.25, -0.2) is 0 Å². The molecule has 3 aromatic rings. The number of aromatic nitrogens is 3. The summed E-state index contributed by atoms with van der Waals surface area (Å²) in [7, 11) is 6.33. The first-order valence-corrected chi connectivity index (χ1v) is 8.00. The van der Waals surface area contributed by atoms with Gasteiger partial charge < -0.3 is 14.2 Å². The zero-order valence-corrected chi connectivity index (χ0v) is 15.2. The number of hydrogen-bond acceptors (Lipinski definition) is 5. The summed E-state index contributed by atoms with van der Waals surface area (Å²) in [6, 6.07) is 5.24. The van der Waals surface area contributed by atoms with Crippen LogP contribution in [0.5, 0.6) is 0 Å². The highest BCUT2D eigenvalue weighted by molar-refractivity contribution is 6.04. The van der Waals surface area contributed by atoms with Crippen molar-refractivity contribution in [3.05, 3.63) is 41.2 Å². The van der Waals surface area contributed by atoms with Crippen LogP contribution in [0.15, 0.2) is 28.8 Å². The fourth-order valence-electron chi connectivity index (χ4n) is 2.72. The zero-order chi connectivity index (χ0) is 19.9. The molecule has 0 bridgehead atoms. The number of hydrogen-bond donors (Lipinski definition) is 0. The molecule has 0 atom stereocenters. The van der Waals surface area contributed by atoms with Crippen molar-refractivity contribution in [2.45, 2.75) is 12.7 Å². The van der Waals surface area contributed by atoms with E-state index in [2.05, 4.69) is 10.1 Å². The lowest BCUT2D eigenvalue weighted by atomic mass is 10.1. The second kappa shape index (κ2) is 6.60. The lowest BCUT2D eigenvalue weighted by molar-refractivity contribution is -0.142. The van der Waals surface area contributed by atoms with Crippen molar-refractivity contribution in [2.75, 3.05) is 26.0 Å². The largest absolute Gasteiger partial charge is 0.435 e. The van der Waals surface area contributed by atoms with Crippen LogP contribution in [0.1, 0.15) is 21.6 Å². The van der Waals surface area contributed by atoms with Crippen LogP contribution in [0.25, 0.3) is 11.1 Å². The highest BCUT2D eigenvalue weighted by atomic mass is 19.4. The van der Waals surface area contributed by atoms with Crippen LogP contribution in [-0.4, -0.2) is 46.7 Å². The normalized spacial score (nSPS) is 11.8. The van der Waals surface area contributed by atoms with Gasteiger partial charge in [0.2, 0.25) is 0 Å². The number of nitrogens with zero attached hydrogens (tertiary/aromatic N) is 5. The Morgan fingerprint density at radius 2 is 1.96 bits per heavy atom. The molecule has 10 heteroatoms. The van der Waals surface area contributed by atoms with E-state index in [0.29, 0.717) is 17.1 Å². The van der Waals surface area contributed by atoms with Crippen LogP contribution in [0.2, 0.25) is 0 Å². The molecule has 3 rings (SSSR count). The fourth-order valence-corrected chi connectivity index (χ4v) is 2.72. The number of amides is 1. The molecule has 7 nitrogen and oxygen atoms in total. The number of carbonyl (C=O) groups excluding carboxylic acids is 1. The van der Waals surface area contributed by atoms with Gasteiger partial charge in [-0.05, 0) is 12.1 Å². The van der Waals surface area contributed by atoms with Crippen LogP contribution < -0.4 is 4.90 Å². The third-order valence-electron chi connectivity index (χ3n) is 3.94. The van der Waals surface area contributed by atoms with E-state index in [1.54, 1.807) is 37.2 Å². The second-order valence-electron chi connectivity index (χ2n) is 6.38. The van der Waals surface area contributed by atoms with Crippen molar-refractivity contribution in [3.63, 3.8) is 0 Å². The summed E-state index contributed by atoms with van der Waals surface area (Å²) in [6.07, 6.45) is -3.34. The van der Waals surface area contributed by atoms with E-state index in [1.165, 1.54) is 25.2 Å². The van der Waals surface area contributed by atoms with Crippen LogP contribution >= 0.6 is 0 Å². The second-order valence-corrected chi connectivity index (χ2v) is 6.38. The molecule has 0 aliphatic heterocycles. The predicted molar refractivity (Wildman–Crippen MR) is 92.3 cm³/mol. The molecule has 0 aliphatic carbocycles. The molecule has 0 unspecified atom stereocenters. The molecule has 0 saturated carbocycles. The Morgan fingerprint density at radius 1 is 1.26 bits per heavy atom. The Balaban J connectivity index is 1.92.